The van der Waals surface area contributed by atoms with Gasteiger partial charge in [-0.2, -0.15) is 0 Å². The standard InChI is InChI=1S/C16H19FO2/c1-11-10-19-16(12-2-4-13(17)5-3-12)8-6-14(11)15(18)7-9-16/h2-5,11,14H,6-10H2,1H3/t11-,14?,16-/m1/s1. The van der Waals surface area contributed by atoms with Crippen molar-refractivity contribution in [3.05, 3.63) is 35.6 Å². The Morgan fingerprint density at radius 1 is 1.26 bits per heavy atom. The summed E-state index contributed by atoms with van der Waals surface area (Å²) in [5.74, 6) is 0.574. The molecule has 2 bridgehead atoms. The molecular weight excluding hydrogens is 243 g/mol. The Labute approximate surface area is 113 Å². The van der Waals surface area contributed by atoms with Crippen molar-refractivity contribution in [3.8, 4) is 0 Å². The lowest BCUT2D eigenvalue weighted by atomic mass is 9.86. The summed E-state index contributed by atoms with van der Waals surface area (Å²) >= 11 is 0. The maximum atomic E-state index is 13.1. The molecule has 1 heterocycles. The van der Waals surface area contributed by atoms with Crippen LogP contribution >= 0.6 is 0 Å². The molecule has 0 spiro atoms. The minimum Gasteiger partial charge on any atom is -0.370 e. The van der Waals surface area contributed by atoms with Gasteiger partial charge in [-0.3, -0.25) is 4.79 Å². The summed E-state index contributed by atoms with van der Waals surface area (Å²) in [6.45, 7) is 2.71. The highest BCUT2D eigenvalue weighted by atomic mass is 19.1. The van der Waals surface area contributed by atoms with Crippen LogP contribution in [0.2, 0.25) is 0 Å². The largest absolute Gasteiger partial charge is 0.370 e. The Hall–Kier alpha value is -1.22. The molecule has 1 aromatic rings. The van der Waals surface area contributed by atoms with E-state index in [0.717, 1.165) is 24.8 Å². The third-order valence-electron chi connectivity index (χ3n) is 4.73. The lowest BCUT2D eigenvalue weighted by Crippen LogP contribution is -2.32. The SMILES string of the molecule is C[C@@H]1CO[C@@]2(c3ccc(F)cc3)CCC(=O)C1CC2. The van der Waals surface area contributed by atoms with Crippen LogP contribution in [-0.4, -0.2) is 12.4 Å². The summed E-state index contributed by atoms with van der Waals surface area (Å²) in [4.78, 5) is 12.1. The molecule has 1 unspecified atom stereocenters. The van der Waals surface area contributed by atoms with Crippen molar-refractivity contribution in [2.75, 3.05) is 6.61 Å². The minimum atomic E-state index is -0.386. The fourth-order valence-electron chi connectivity index (χ4n) is 3.46. The fourth-order valence-corrected chi connectivity index (χ4v) is 3.46. The Kier molecular flexibility index (Phi) is 3.17. The zero-order chi connectivity index (χ0) is 13.5. The average Bonchev–Trinajstić information content (AvgIpc) is 2.68. The predicted molar refractivity (Wildman–Crippen MR) is 70.2 cm³/mol. The second-order valence-corrected chi connectivity index (χ2v) is 5.90. The summed E-state index contributed by atoms with van der Waals surface area (Å²) < 4.78 is 19.3. The van der Waals surface area contributed by atoms with Crippen molar-refractivity contribution in [2.45, 2.75) is 38.2 Å². The second kappa shape index (κ2) is 4.71. The minimum absolute atomic E-state index is 0.143. The number of carbonyl (C=O) groups is 1. The predicted octanol–water partition coefficient (Wildman–Crippen LogP) is 3.45. The summed E-state index contributed by atoms with van der Waals surface area (Å²) in [5, 5.41) is 0. The highest BCUT2D eigenvalue weighted by molar-refractivity contribution is 5.81. The molecule has 2 nitrogen and oxygen atoms in total. The van der Waals surface area contributed by atoms with E-state index >= 15 is 0 Å². The number of fused-ring (bicyclic) bond motifs is 3. The molecule has 3 rings (SSSR count). The van der Waals surface area contributed by atoms with Gasteiger partial charge in [0.25, 0.3) is 0 Å². The van der Waals surface area contributed by atoms with Crippen molar-refractivity contribution >= 4 is 5.78 Å². The van der Waals surface area contributed by atoms with Crippen LogP contribution in [0.5, 0.6) is 0 Å². The van der Waals surface area contributed by atoms with E-state index in [-0.39, 0.29) is 23.3 Å². The van der Waals surface area contributed by atoms with Gasteiger partial charge < -0.3 is 4.74 Å². The molecule has 3 heteroatoms. The van der Waals surface area contributed by atoms with E-state index in [1.165, 1.54) is 12.1 Å². The van der Waals surface area contributed by atoms with E-state index in [1.807, 2.05) is 0 Å². The molecular formula is C16H19FO2. The Bertz CT molecular complexity index is 482. The van der Waals surface area contributed by atoms with Crippen LogP contribution in [-0.2, 0) is 15.1 Å². The highest BCUT2D eigenvalue weighted by Crippen LogP contribution is 2.44. The number of hydrogen-bond donors (Lipinski definition) is 0. The first-order valence-corrected chi connectivity index (χ1v) is 7.03. The number of hydrogen-bond acceptors (Lipinski definition) is 2. The van der Waals surface area contributed by atoms with Gasteiger partial charge in [0, 0.05) is 12.3 Å². The second-order valence-electron chi connectivity index (χ2n) is 5.90. The molecule has 102 valence electrons. The van der Waals surface area contributed by atoms with Gasteiger partial charge in [0.05, 0.1) is 12.2 Å². The Balaban J connectivity index is 1.98. The molecule has 2 aliphatic rings. The van der Waals surface area contributed by atoms with Gasteiger partial charge in [0.1, 0.15) is 11.6 Å². The monoisotopic (exact) mass is 262 g/mol. The first-order valence-electron chi connectivity index (χ1n) is 7.03. The van der Waals surface area contributed by atoms with E-state index in [4.69, 9.17) is 4.74 Å². The van der Waals surface area contributed by atoms with E-state index in [9.17, 15) is 9.18 Å². The molecule has 2 fully saturated rings. The molecule has 0 aromatic heterocycles. The van der Waals surface area contributed by atoms with Gasteiger partial charge in [-0.1, -0.05) is 19.1 Å². The molecule has 0 N–H and O–H groups in total. The van der Waals surface area contributed by atoms with E-state index in [0.29, 0.717) is 18.8 Å². The lowest BCUT2D eigenvalue weighted by Gasteiger charge is -2.33. The molecule has 0 radical (unpaired) electrons. The lowest BCUT2D eigenvalue weighted by molar-refractivity contribution is -0.129. The summed E-state index contributed by atoms with van der Waals surface area (Å²) in [6, 6.07) is 6.56. The molecule has 19 heavy (non-hydrogen) atoms. The van der Waals surface area contributed by atoms with E-state index < -0.39 is 0 Å². The Morgan fingerprint density at radius 3 is 2.74 bits per heavy atom. The first kappa shape index (κ1) is 12.8. The van der Waals surface area contributed by atoms with Crippen molar-refractivity contribution in [1.29, 1.82) is 0 Å². The molecule has 1 saturated carbocycles. The maximum Gasteiger partial charge on any atom is 0.136 e. The van der Waals surface area contributed by atoms with Crippen LogP contribution in [0, 0.1) is 17.7 Å². The number of ether oxygens (including phenoxy) is 1. The molecule has 1 aromatic carbocycles. The number of ketones is 1. The summed E-state index contributed by atoms with van der Waals surface area (Å²) in [5.41, 5.74) is 0.625. The average molecular weight is 262 g/mol. The van der Waals surface area contributed by atoms with Crippen LogP contribution in [0.25, 0.3) is 0 Å². The zero-order valence-electron chi connectivity index (χ0n) is 11.2. The topological polar surface area (TPSA) is 26.3 Å². The van der Waals surface area contributed by atoms with Crippen molar-refractivity contribution in [2.24, 2.45) is 11.8 Å². The zero-order valence-corrected chi connectivity index (χ0v) is 11.2. The van der Waals surface area contributed by atoms with Gasteiger partial charge in [-0.15, -0.1) is 0 Å². The maximum absolute atomic E-state index is 13.1. The number of carbonyl (C=O) groups excluding carboxylic acids is 1. The van der Waals surface area contributed by atoms with E-state index in [1.54, 1.807) is 12.1 Å². The molecule has 1 aliphatic carbocycles. The molecule has 3 atom stereocenters. The van der Waals surface area contributed by atoms with Crippen LogP contribution < -0.4 is 0 Å². The molecule has 1 saturated heterocycles. The van der Waals surface area contributed by atoms with Crippen molar-refractivity contribution < 1.29 is 13.9 Å². The van der Waals surface area contributed by atoms with Gasteiger partial charge in [0.15, 0.2) is 0 Å². The van der Waals surface area contributed by atoms with Crippen LogP contribution in [0.1, 0.15) is 38.2 Å². The molecule has 1 aliphatic heterocycles. The normalized spacial score (nSPS) is 34.9. The van der Waals surface area contributed by atoms with Crippen molar-refractivity contribution in [3.63, 3.8) is 0 Å². The Morgan fingerprint density at radius 2 is 2.00 bits per heavy atom. The van der Waals surface area contributed by atoms with Crippen LogP contribution in [0.15, 0.2) is 24.3 Å². The van der Waals surface area contributed by atoms with Crippen LogP contribution in [0.3, 0.4) is 0 Å². The quantitative estimate of drug-likeness (QED) is 0.775. The van der Waals surface area contributed by atoms with E-state index in [2.05, 4.69) is 6.92 Å². The van der Waals surface area contributed by atoms with Gasteiger partial charge in [0.2, 0.25) is 0 Å². The van der Waals surface area contributed by atoms with Gasteiger partial charge >= 0.3 is 0 Å². The molecule has 0 amide bonds. The third-order valence-corrected chi connectivity index (χ3v) is 4.73. The van der Waals surface area contributed by atoms with Gasteiger partial charge in [-0.05, 0) is 42.9 Å². The number of benzene rings is 1. The number of Topliss-reactive ketones (excluding diaryl/α,β-unsaturated/α-hetero) is 1. The smallest absolute Gasteiger partial charge is 0.136 e. The first-order chi connectivity index (χ1) is 9.11. The fraction of sp³-hybridized carbons (Fsp3) is 0.562. The highest BCUT2D eigenvalue weighted by Gasteiger charge is 2.43. The number of rotatable bonds is 1. The third kappa shape index (κ3) is 2.20. The number of halogens is 1. The summed E-state index contributed by atoms with van der Waals surface area (Å²) in [7, 11) is 0. The van der Waals surface area contributed by atoms with Gasteiger partial charge in [-0.25, -0.2) is 4.39 Å². The van der Waals surface area contributed by atoms with Crippen molar-refractivity contribution in [1.82, 2.24) is 0 Å². The summed E-state index contributed by atoms with van der Waals surface area (Å²) in [6.07, 6.45) is 3.05. The van der Waals surface area contributed by atoms with Crippen LogP contribution in [0.4, 0.5) is 4.39 Å².